The second kappa shape index (κ2) is 7.44. The number of rotatable bonds is 5. The third-order valence-electron chi connectivity index (χ3n) is 2.60. The molecular formula is C14H16ClN3O3. The average Bonchev–Trinajstić information content (AvgIpc) is 2.44. The summed E-state index contributed by atoms with van der Waals surface area (Å²) in [5.41, 5.74) is 11.5. The van der Waals surface area contributed by atoms with Crippen LogP contribution in [0.15, 0.2) is 40.5 Å². The number of hydrogen-bond donors (Lipinski definition) is 2. The van der Waals surface area contributed by atoms with Crippen LogP contribution in [0.2, 0.25) is 5.02 Å². The lowest BCUT2D eigenvalue weighted by Crippen LogP contribution is -2.27. The maximum atomic E-state index is 11.9. The summed E-state index contributed by atoms with van der Waals surface area (Å²) in [5.74, 6) is -1.28. The first-order chi connectivity index (χ1) is 9.88. The van der Waals surface area contributed by atoms with Gasteiger partial charge in [-0.15, -0.1) is 0 Å². The molecule has 0 spiro atoms. The molecule has 4 N–H and O–H groups in total. The normalized spacial score (nSPS) is 12.6. The Labute approximate surface area is 127 Å². The number of carbonyl (C=O) groups is 2. The van der Waals surface area contributed by atoms with Crippen molar-refractivity contribution in [3.8, 4) is 0 Å². The quantitative estimate of drug-likeness (QED) is 0.280. The minimum atomic E-state index is -0.807. The summed E-state index contributed by atoms with van der Waals surface area (Å²) < 4.78 is 4.91. The SMILES string of the molecule is CN=C(N)C(C(=O)OCC(=O)c1ccccc1Cl)=C(C)N. The Hall–Kier alpha value is -2.34. The van der Waals surface area contributed by atoms with Gasteiger partial charge in [-0.3, -0.25) is 9.79 Å². The van der Waals surface area contributed by atoms with Crippen molar-refractivity contribution >= 4 is 29.2 Å². The van der Waals surface area contributed by atoms with Gasteiger partial charge in [0.25, 0.3) is 0 Å². The number of carbonyl (C=O) groups excluding carboxylic acids is 2. The van der Waals surface area contributed by atoms with E-state index in [1.165, 1.54) is 14.0 Å². The van der Waals surface area contributed by atoms with Gasteiger partial charge < -0.3 is 16.2 Å². The van der Waals surface area contributed by atoms with Gasteiger partial charge in [-0.25, -0.2) is 4.79 Å². The van der Waals surface area contributed by atoms with Crippen molar-refractivity contribution < 1.29 is 14.3 Å². The molecule has 7 heteroatoms. The molecule has 0 atom stereocenters. The molecule has 0 amide bonds. The first-order valence-corrected chi connectivity index (χ1v) is 6.40. The van der Waals surface area contributed by atoms with E-state index in [0.29, 0.717) is 5.02 Å². The average molecular weight is 310 g/mol. The Kier molecular flexibility index (Phi) is 5.92. The van der Waals surface area contributed by atoms with E-state index >= 15 is 0 Å². The highest BCUT2D eigenvalue weighted by Crippen LogP contribution is 2.15. The Bertz CT molecular complexity index is 620. The molecule has 1 aromatic rings. The fourth-order valence-corrected chi connectivity index (χ4v) is 1.79. The van der Waals surface area contributed by atoms with Gasteiger partial charge in [0.15, 0.2) is 6.61 Å². The van der Waals surface area contributed by atoms with Gasteiger partial charge in [-0.1, -0.05) is 23.7 Å². The van der Waals surface area contributed by atoms with Gasteiger partial charge in [-0.2, -0.15) is 0 Å². The van der Waals surface area contributed by atoms with Crippen LogP contribution in [0.3, 0.4) is 0 Å². The number of benzene rings is 1. The second-order valence-electron chi connectivity index (χ2n) is 4.15. The zero-order chi connectivity index (χ0) is 16.0. The van der Waals surface area contributed by atoms with Gasteiger partial charge in [0.2, 0.25) is 5.78 Å². The van der Waals surface area contributed by atoms with Crippen LogP contribution >= 0.6 is 11.6 Å². The van der Waals surface area contributed by atoms with Crippen molar-refractivity contribution in [2.45, 2.75) is 6.92 Å². The molecule has 0 aliphatic carbocycles. The van der Waals surface area contributed by atoms with Crippen molar-refractivity contribution in [1.29, 1.82) is 0 Å². The topological polar surface area (TPSA) is 108 Å². The molecule has 112 valence electrons. The number of amidine groups is 1. The summed E-state index contributed by atoms with van der Waals surface area (Å²) in [6.07, 6.45) is 0. The number of nitrogens with two attached hydrogens (primary N) is 2. The summed E-state index contributed by atoms with van der Waals surface area (Å²) >= 11 is 5.89. The van der Waals surface area contributed by atoms with Crippen molar-refractivity contribution in [1.82, 2.24) is 0 Å². The van der Waals surface area contributed by atoms with Crippen molar-refractivity contribution in [3.05, 3.63) is 46.1 Å². The maximum Gasteiger partial charge on any atom is 0.344 e. The molecular weight excluding hydrogens is 294 g/mol. The van der Waals surface area contributed by atoms with Gasteiger partial charge in [0, 0.05) is 18.3 Å². The molecule has 1 aromatic carbocycles. The maximum absolute atomic E-state index is 11.9. The Morgan fingerprint density at radius 2 is 1.90 bits per heavy atom. The van der Waals surface area contributed by atoms with E-state index in [1.54, 1.807) is 24.3 Å². The molecule has 0 unspecified atom stereocenters. The Morgan fingerprint density at radius 3 is 2.43 bits per heavy atom. The van der Waals surface area contributed by atoms with E-state index < -0.39 is 18.4 Å². The first kappa shape index (κ1) is 16.7. The van der Waals surface area contributed by atoms with E-state index in [2.05, 4.69) is 4.99 Å². The lowest BCUT2D eigenvalue weighted by Gasteiger charge is -2.09. The molecule has 0 bridgehead atoms. The molecule has 0 saturated heterocycles. The van der Waals surface area contributed by atoms with E-state index in [-0.39, 0.29) is 22.7 Å². The minimum absolute atomic E-state index is 0.0507. The second-order valence-corrected chi connectivity index (χ2v) is 4.55. The van der Waals surface area contributed by atoms with Crippen LogP contribution in [0.25, 0.3) is 0 Å². The summed E-state index contributed by atoms with van der Waals surface area (Å²) in [4.78, 5) is 27.5. The van der Waals surface area contributed by atoms with Crippen LogP contribution in [-0.2, 0) is 9.53 Å². The molecule has 21 heavy (non-hydrogen) atoms. The van der Waals surface area contributed by atoms with Crippen LogP contribution in [0.4, 0.5) is 0 Å². The summed E-state index contributed by atoms with van der Waals surface area (Å²) in [6.45, 7) is 1.03. The molecule has 6 nitrogen and oxygen atoms in total. The van der Waals surface area contributed by atoms with Crippen LogP contribution in [0, 0.1) is 0 Å². The largest absolute Gasteiger partial charge is 0.454 e. The number of aliphatic imine (C=N–C) groups is 1. The van der Waals surface area contributed by atoms with Crippen molar-refractivity contribution in [3.63, 3.8) is 0 Å². The van der Waals surface area contributed by atoms with E-state index in [0.717, 1.165) is 0 Å². The van der Waals surface area contributed by atoms with E-state index in [1.807, 2.05) is 0 Å². The predicted molar refractivity (Wildman–Crippen MR) is 81.2 cm³/mol. The van der Waals surface area contributed by atoms with Gasteiger partial charge in [0.1, 0.15) is 11.4 Å². The van der Waals surface area contributed by atoms with Crippen LogP contribution in [0.5, 0.6) is 0 Å². The number of ketones is 1. The first-order valence-electron chi connectivity index (χ1n) is 6.02. The van der Waals surface area contributed by atoms with Gasteiger partial charge in [0.05, 0.1) is 5.02 Å². The van der Waals surface area contributed by atoms with E-state index in [9.17, 15) is 9.59 Å². The van der Waals surface area contributed by atoms with Crippen molar-refractivity contribution in [2.75, 3.05) is 13.7 Å². The zero-order valence-corrected chi connectivity index (χ0v) is 12.5. The fraction of sp³-hybridized carbons (Fsp3) is 0.214. The minimum Gasteiger partial charge on any atom is -0.454 e. The number of Topliss-reactive ketones (excluding diaryl/α,β-unsaturated/α-hetero) is 1. The predicted octanol–water partition coefficient (Wildman–Crippen LogP) is 1.29. The molecule has 0 aromatic heterocycles. The number of ether oxygens (including phenoxy) is 1. The Morgan fingerprint density at radius 1 is 1.29 bits per heavy atom. The lowest BCUT2D eigenvalue weighted by molar-refractivity contribution is -0.137. The number of nitrogens with zero attached hydrogens (tertiary/aromatic N) is 1. The van der Waals surface area contributed by atoms with Gasteiger partial charge in [-0.05, 0) is 19.1 Å². The van der Waals surface area contributed by atoms with Crippen LogP contribution in [-0.4, -0.2) is 31.2 Å². The highest BCUT2D eigenvalue weighted by Gasteiger charge is 2.19. The molecule has 0 aliphatic rings. The van der Waals surface area contributed by atoms with Crippen LogP contribution in [0.1, 0.15) is 17.3 Å². The number of esters is 1. The van der Waals surface area contributed by atoms with Gasteiger partial charge >= 0.3 is 5.97 Å². The third-order valence-corrected chi connectivity index (χ3v) is 2.93. The molecule has 0 radical (unpaired) electrons. The molecule has 0 fully saturated rings. The summed E-state index contributed by atoms with van der Waals surface area (Å²) in [6, 6.07) is 6.49. The smallest absolute Gasteiger partial charge is 0.344 e. The fourth-order valence-electron chi connectivity index (χ4n) is 1.55. The molecule has 0 heterocycles. The molecule has 0 saturated carbocycles. The monoisotopic (exact) mass is 309 g/mol. The van der Waals surface area contributed by atoms with E-state index in [4.69, 9.17) is 27.8 Å². The number of allylic oxidation sites excluding steroid dienone is 1. The highest BCUT2D eigenvalue weighted by molar-refractivity contribution is 6.34. The molecule has 0 aliphatic heterocycles. The summed E-state index contributed by atoms with van der Waals surface area (Å²) in [5, 5.41) is 0.291. The lowest BCUT2D eigenvalue weighted by atomic mass is 10.1. The number of halogens is 1. The summed E-state index contributed by atoms with van der Waals surface area (Å²) in [7, 11) is 1.42. The Balaban J connectivity index is 2.80. The molecule has 1 rings (SSSR count). The standard InChI is InChI=1S/C14H16ClN3O3/c1-8(16)12(13(17)18-2)14(20)21-7-11(19)9-5-3-4-6-10(9)15/h3-6H,7,16H2,1-2H3,(H2,17,18). The van der Waals surface area contributed by atoms with Crippen molar-refractivity contribution in [2.24, 2.45) is 16.5 Å². The zero-order valence-electron chi connectivity index (χ0n) is 11.7. The third kappa shape index (κ3) is 4.32. The number of hydrogen-bond acceptors (Lipinski definition) is 5. The highest BCUT2D eigenvalue weighted by atomic mass is 35.5. The van der Waals surface area contributed by atoms with Crippen LogP contribution < -0.4 is 11.5 Å².